The number of hydrogen-bond acceptors (Lipinski definition) is 3. The Hall–Kier alpha value is -2.66. The largest absolute Gasteiger partial charge is 0.416 e. The van der Waals surface area contributed by atoms with E-state index in [9.17, 15) is 40.3 Å². The van der Waals surface area contributed by atoms with E-state index in [0.717, 1.165) is 18.4 Å². The molecule has 1 aliphatic heterocycles. The number of nitrogens with zero attached hydrogens (tertiary/aromatic N) is 1. The van der Waals surface area contributed by atoms with Gasteiger partial charge in [0.15, 0.2) is 0 Å². The van der Waals surface area contributed by atoms with Crippen LogP contribution in [0.3, 0.4) is 0 Å². The van der Waals surface area contributed by atoms with E-state index in [2.05, 4.69) is 10.2 Å². The average Bonchev–Trinajstić information content (AvgIpc) is 3.34. The first kappa shape index (κ1) is 29.3. The lowest BCUT2D eigenvalue weighted by Gasteiger charge is -2.37. The van der Waals surface area contributed by atoms with Crippen molar-refractivity contribution in [2.24, 2.45) is 5.41 Å². The molecule has 0 spiro atoms. The first-order chi connectivity index (χ1) is 18.2. The molecule has 1 aliphatic carbocycles. The van der Waals surface area contributed by atoms with Crippen molar-refractivity contribution in [3.8, 4) is 0 Å². The van der Waals surface area contributed by atoms with Crippen molar-refractivity contribution < 1.29 is 40.3 Å². The van der Waals surface area contributed by atoms with Gasteiger partial charge < -0.3 is 10.2 Å². The van der Waals surface area contributed by atoms with Crippen LogP contribution in [0.2, 0.25) is 0 Å². The van der Waals surface area contributed by atoms with Crippen LogP contribution in [0.5, 0.6) is 0 Å². The maximum Gasteiger partial charge on any atom is 0.416 e. The summed E-state index contributed by atoms with van der Waals surface area (Å²) >= 11 is 5.86. The molecule has 1 unspecified atom stereocenters. The minimum Gasteiger partial charge on any atom is -0.351 e. The van der Waals surface area contributed by atoms with Crippen LogP contribution in [0.25, 0.3) is 0 Å². The maximum absolute atomic E-state index is 13.2. The summed E-state index contributed by atoms with van der Waals surface area (Å²) in [7, 11) is 0. The summed E-state index contributed by atoms with van der Waals surface area (Å²) in [6.45, 7) is 0.738. The second kappa shape index (κ2) is 11.1. The summed E-state index contributed by atoms with van der Waals surface area (Å²) in [6.07, 6.45) is -7.75. The Balaban J connectivity index is 1.42. The predicted molar refractivity (Wildman–Crippen MR) is 129 cm³/mol. The fourth-order valence-corrected chi connectivity index (χ4v) is 5.87. The molecule has 2 atom stereocenters. The number of rotatable bonds is 6. The Bertz CT molecular complexity index is 1180. The van der Waals surface area contributed by atoms with E-state index < -0.39 is 52.2 Å². The Morgan fingerprint density at radius 2 is 1.49 bits per heavy atom. The van der Waals surface area contributed by atoms with E-state index in [4.69, 9.17) is 11.6 Å². The topological polar surface area (TPSA) is 49.4 Å². The number of benzene rings is 2. The Kier molecular flexibility index (Phi) is 8.33. The highest BCUT2D eigenvalue weighted by molar-refractivity contribution is 6.66. The molecule has 39 heavy (non-hydrogen) atoms. The van der Waals surface area contributed by atoms with Gasteiger partial charge in [0.2, 0.25) is 11.1 Å². The van der Waals surface area contributed by atoms with E-state index in [1.165, 1.54) is 12.1 Å². The molecule has 2 aromatic rings. The summed E-state index contributed by atoms with van der Waals surface area (Å²) < 4.78 is 92.2. The van der Waals surface area contributed by atoms with E-state index in [0.29, 0.717) is 31.6 Å². The van der Waals surface area contributed by atoms with Crippen LogP contribution >= 0.6 is 11.6 Å². The van der Waals surface area contributed by atoms with E-state index in [-0.39, 0.29) is 36.7 Å². The zero-order chi connectivity index (χ0) is 28.6. The molecule has 12 heteroatoms. The summed E-state index contributed by atoms with van der Waals surface area (Å²) in [4.78, 5) is 27.7. The summed E-state index contributed by atoms with van der Waals surface area (Å²) in [5.74, 6) is -0.881. The molecule has 4 nitrogen and oxygen atoms in total. The van der Waals surface area contributed by atoms with Crippen LogP contribution in [-0.2, 0) is 28.5 Å². The molecule has 212 valence electrons. The Morgan fingerprint density at radius 3 is 2.00 bits per heavy atom. The second-order valence-corrected chi connectivity index (χ2v) is 10.6. The van der Waals surface area contributed by atoms with Gasteiger partial charge in [-0.15, -0.1) is 0 Å². The Labute approximate surface area is 225 Å². The molecule has 2 fully saturated rings. The monoisotopic (exact) mass is 578 g/mol. The summed E-state index contributed by atoms with van der Waals surface area (Å²) in [6, 6.07) is 7.29. The van der Waals surface area contributed by atoms with Gasteiger partial charge in [-0.05, 0) is 104 Å². The first-order valence-electron chi connectivity index (χ1n) is 12.5. The van der Waals surface area contributed by atoms with Crippen LogP contribution in [0, 0.1) is 11.2 Å². The first-order valence-corrected chi connectivity index (χ1v) is 12.8. The van der Waals surface area contributed by atoms with Crippen molar-refractivity contribution >= 4 is 22.8 Å². The lowest BCUT2D eigenvalue weighted by molar-refractivity contribution is -0.143. The maximum atomic E-state index is 13.2. The molecule has 0 aromatic heterocycles. The second-order valence-electron chi connectivity index (χ2n) is 10.2. The Morgan fingerprint density at radius 1 is 0.923 bits per heavy atom. The van der Waals surface area contributed by atoms with Gasteiger partial charge in [0.1, 0.15) is 11.2 Å². The number of halogens is 8. The minimum absolute atomic E-state index is 0.00984. The molecule has 4 rings (SSSR count). The van der Waals surface area contributed by atoms with Gasteiger partial charge in [0.05, 0.1) is 11.1 Å². The molecule has 0 radical (unpaired) electrons. The van der Waals surface area contributed by atoms with Crippen molar-refractivity contribution in [1.82, 2.24) is 10.2 Å². The number of carbonyl (C=O) groups is 2. The highest BCUT2D eigenvalue weighted by Crippen LogP contribution is 2.44. The minimum atomic E-state index is -5.02. The molecule has 1 saturated heterocycles. The van der Waals surface area contributed by atoms with Gasteiger partial charge in [-0.3, -0.25) is 9.59 Å². The number of amides is 1. The summed E-state index contributed by atoms with van der Waals surface area (Å²) in [5, 5.41) is 1.44. The zero-order valence-corrected chi connectivity index (χ0v) is 21.4. The molecule has 1 amide bonds. The van der Waals surface area contributed by atoms with E-state index in [1.807, 2.05) is 0 Å². The lowest BCUT2D eigenvalue weighted by atomic mass is 9.85. The third kappa shape index (κ3) is 6.57. The van der Waals surface area contributed by atoms with Crippen LogP contribution in [0.1, 0.15) is 60.3 Å². The smallest absolute Gasteiger partial charge is 0.351 e. The van der Waals surface area contributed by atoms with Crippen molar-refractivity contribution in [2.45, 2.75) is 63.0 Å². The third-order valence-corrected chi connectivity index (χ3v) is 8.15. The number of nitrogens with one attached hydrogen (secondary N) is 1. The van der Waals surface area contributed by atoms with Crippen LogP contribution < -0.4 is 5.32 Å². The van der Waals surface area contributed by atoms with Gasteiger partial charge in [-0.1, -0.05) is 12.1 Å². The van der Waals surface area contributed by atoms with Gasteiger partial charge in [-0.2, -0.15) is 26.3 Å². The number of likely N-dealkylation sites (tertiary alicyclic amines) is 1. The predicted octanol–water partition coefficient (Wildman–Crippen LogP) is 6.66. The highest BCUT2D eigenvalue weighted by atomic mass is 35.5. The zero-order valence-electron chi connectivity index (χ0n) is 20.6. The number of carbonyl (C=O) groups excluding carboxylic acids is 2. The SMILES string of the molecule is O=C(Cl)[C@]1(C(=O)NCc2cc(C(F)(F)F)cc(C(F)(F)F)c2)CCC(N2CCC(c3ccc(F)cc3)CC2)C1. The molecule has 1 N–H and O–H groups in total. The van der Waals surface area contributed by atoms with Crippen LogP contribution in [-0.4, -0.2) is 35.2 Å². The van der Waals surface area contributed by atoms with Crippen LogP contribution in [0.15, 0.2) is 42.5 Å². The molecule has 1 heterocycles. The number of hydrogen-bond donors (Lipinski definition) is 1. The molecule has 2 aliphatic rings. The highest BCUT2D eigenvalue weighted by Gasteiger charge is 2.52. The summed E-state index contributed by atoms with van der Waals surface area (Å²) in [5.41, 5.74) is -3.98. The molecule has 0 bridgehead atoms. The van der Waals surface area contributed by atoms with Crippen molar-refractivity contribution in [1.29, 1.82) is 0 Å². The van der Waals surface area contributed by atoms with Gasteiger partial charge in [0.25, 0.3) is 0 Å². The fourth-order valence-electron chi connectivity index (χ4n) is 5.61. The molecule has 2 aromatic carbocycles. The van der Waals surface area contributed by atoms with Gasteiger partial charge in [-0.25, -0.2) is 4.39 Å². The van der Waals surface area contributed by atoms with E-state index >= 15 is 0 Å². The average molecular weight is 579 g/mol. The lowest BCUT2D eigenvalue weighted by Crippen LogP contribution is -2.46. The van der Waals surface area contributed by atoms with Crippen molar-refractivity contribution in [3.05, 3.63) is 70.5 Å². The van der Waals surface area contributed by atoms with Gasteiger partial charge >= 0.3 is 12.4 Å². The number of alkyl halides is 6. The van der Waals surface area contributed by atoms with E-state index in [1.54, 1.807) is 12.1 Å². The molecule has 1 saturated carbocycles. The molecular weight excluding hydrogens is 553 g/mol. The normalized spacial score (nSPS) is 23.1. The number of piperidine rings is 1. The van der Waals surface area contributed by atoms with Crippen molar-refractivity contribution in [3.63, 3.8) is 0 Å². The third-order valence-electron chi connectivity index (χ3n) is 7.79. The van der Waals surface area contributed by atoms with Crippen molar-refractivity contribution in [2.75, 3.05) is 13.1 Å². The van der Waals surface area contributed by atoms with Crippen LogP contribution in [0.4, 0.5) is 30.7 Å². The quantitative estimate of drug-likeness (QED) is 0.237. The van der Waals surface area contributed by atoms with Gasteiger partial charge in [0, 0.05) is 12.6 Å². The fraction of sp³-hybridized carbons (Fsp3) is 0.481. The standard InChI is InChI=1S/C27H26ClF7N2O2/c28-23(38)25(24(39)36-15-16-11-19(26(30,31)32)13-20(12-16)27(33,34)35)8-5-22(14-25)37-9-6-18(7-10-37)17-1-3-21(29)4-2-17/h1-4,11-13,18,22H,5-10,14-15H2,(H,36,39)/t22?,25-/m0/s1. The molecular formula is C27H26ClF7N2O2.